The normalized spacial score (nSPS) is 17.9. The monoisotopic (exact) mass is 289 g/mol. The van der Waals surface area contributed by atoms with Crippen LogP contribution in [0.5, 0.6) is 0 Å². The van der Waals surface area contributed by atoms with Gasteiger partial charge in [-0.2, -0.15) is 0 Å². The zero-order valence-corrected chi connectivity index (χ0v) is 11.2. The quantitative estimate of drug-likeness (QED) is 0.762. The number of amides is 1. The number of hydrogen-bond acceptors (Lipinski definition) is 1. The highest BCUT2D eigenvalue weighted by atomic mass is 19.3. The first-order valence-corrected chi connectivity index (χ1v) is 6.37. The molecule has 0 atom stereocenters. The average molecular weight is 289 g/mol. The first-order valence-electron chi connectivity index (χ1n) is 6.37. The summed E-state index contributed by atoms with van der Waals surface area (Å²) in [5, 5.41) is 0. The van der Waals surface area contributed by atoms with Crippen molar-refractivity contribution in [2.45, 2.75) is 32.1 Å². The van der Waals surface area contributed by atoms with Crippen LogP contribution in [0.15, 0.2) is 12.1 Å². The molecule has 0 spiro atoms. The molecule has 1 aliphatic rings. The van der Waals surface area contributed by atoms with Gasteiger partial charge in [0.2, 0.25) is 0 Å². The van der Waals surface area contributed by atoms with Crippen LogP contribution in [0.4, 0.5) is 17.6 Å². The van der Waals surface area contributed by atoms with Crippen molar-refractivity contribution >= 4 is 5.91 Å². The molecular formula is C14H15F4NO. The van der Waals surface area contributed by atoms with Crippen molar-refractivity contribution in [3.63, 3.8) is 0 Å². The van der Waals surface area contributed by atoms with E-state index in [1.165, 1.54) is 0 Å². The van der Waals surface area contributed by atoms with Crippen molar-refractivity contribution in [2.75, 3.05) is 13.1 Å². The molecule has 1 fully saturated rings. The van der Waals surface area contributed by atoms with E-state index in [0.29, 0.717) is 6.07 Å². The molecule has 1 amide bonds. The number of hydrogen-bond donors (Lipinski definition) is 0. The molecule has 0 bridgehead atoms. The second-order valence-corrected chi connectivity index (χ2v) is 5.34. The highest BCUT2D eigenvalue weighted by molar-refractivity contribution is 5.96. The average Bonchev–Trinajstić information content (AvgIpc) is 2.68. The zero-order chi connectivity index (χ0) is 15.1. The summed E-state index contributed by atoms with van der Waals surface area (Å²) in [4.78, 5) is 13.1. The van der Waals surface area contributed by atoms with Crippen molar-refractivity contribution in [3.8, 4) is 0 Å². The van der Waals surface area contributed by atoms with Gasteiger partial charge in [0.15, 0.2) is 0 Å². The number of carbonyl (C=O) groups is 1. The highest BCUT2D eigenvalue weighted by Gasteiger charge is 2.41. The lowest BCUT2D eigenvalue weighted by atomic mass is 9.95. The summed E-state index contributed by atoms with van der Waals surface area (Å²) < 4.78 is 53.4. The van der Waals surface area contributed by atoms with E-state index in [2.05, 4.69) is 0 Å². The van der Waals surface area contributed by atoms with E-state index in [1.807, 2.05) is 0 Å². The number of alkyl halides is 2. The standard InChI is InChI=1S/C14H15F4NO/c1-8(2)10-5-9(15)6-11(16)12(10)13(20)19-4-3-14(17,18)7-19/h5-6,8H,3-4,7H2,1-2H3. The molecule has 1 aromatic rings. The van der Waals surface area contributed by atoms with Crippen LogP contribution < -0.4 is 0 Å². The Hall–Kier alpha value is -1.59. The van der Waals surface area contributed by atoms with Crippen molar-refractivity contribution < 1.29 is 22.4 Å². The SMILES string of the molecule is CC(C)c1cc(F)cc(F)c1C(=O)N1CCC(F)(F)C1. The van der Waals surface area contributed by atoms with Crippen molar-refractivity contribution in [1.82, 2.24) is 4.90 Å². The Kier molecular flexibility index (Phi) is 3.75. The number of rotatable bonds is 2. The Morgan fingerprint density at radius 1 is 1.30 bits per heavy atom. The lowest BCUT2D eigenvalue weighted by Gasteiger charge is -2.20. The number of halogens is 4. The van der Waals surface area contributed by atoms with Gasteiger partial charge >= 0.3 is 0 Å². The predicted octanol–water partition coefficient (Wildman–Crippen LogP) is 3.57. The molecule has 0 aliphatic carbocycles. The predicted molar refractivity (Wildman–Crippen MR) is 65.9 cm³/mol. The van der Waals surface area contributed by atoms with Crippen LogP contribution >= 0.6 is 0 Å². The summed E-state index contributed by atoms with van der Waals surface area (Å²) in [5.74, 6) is -5.82. The third-order valence-electron chi connectivity index (χ3n) is 3.38. The molecular weight excluding hydrogens is 274 g/mol. The topological polar surface area (TPSA) is 20.3 Å². The Labute approximate surface area is 114 Å². The first kappa shape index (κ1) is 14.8. The molecule has 2 nitrogen and oxygen atoms in total. The van der Waals surface area contributed by atoms with E-state index >= 15 is 0 Å². The fourth-order valence-electron chi connectivity index (χ4n) is 2.34. The molecule has 110 valence electrons. The van der Waals surface area contributed by atoms with Gasteiger partial charge in [0.25, 0.3) is 11.8 Å². The molecule has 0 saturated carbocycles. The van der Waals surface area contributed by atoms with Crippen molar-refractivity contribution in [2.24, 2.45) is 0 Å². The van der Waals surface area contributed by atoms with E-state index in [-0.39, 0.29) is 23.6 Å². The maximum atomic E-state index is 13.9. The number of benzene rings is 1. The van der Waals surface area contributed by atoms with E-state index in [9.17, 15) is 22.4 Å². The summed E-state index contributed by atoms with van der Waals surface area (Å²) in [6.45, 7) is 2.52. The minimum absolute atomic E-state index is 0.125. The lowest BCUT2D eigenvalue weighted by Crippen LogP contribution is -2.32. The van der Waals surface area contributed by atoms with Crippen LogP contribution in [0, 0.1) is 11.6 Å². The number of nitrogens with zero attached hydrogens (tertiary/aromatic N) is 1. The van der Waals surface area contributed by atoms with Crippen LogP contribution in [-0.4, -0.2) is 29.8 Å². The molecule has 2 rings (SSSR count). The molecule has 20 heavy (non-hydrogen) atoms. The third-order valence-corrected chi connectivity index (χ3v) is 3.38. The van der Waals surface area contributed by atoms with Crippen molar-refractivity contribution in [3.05, 3.63) is 34.9 Å². The smallest absolute Gasteiger partial charge is 0.267 e. The van der Waals surface area contributed by atoms with Gasteiger partial charge < -0.3 is 4.90 Å². The third kappa shape index (κ3) is 2.78. The molecule has 1 heterocycles. The first-order chi connectivity index (χ1) is 9.21. The minimum atomic E-state index is -2.94. The van der Waals surface area contributed by atoms with Gasteiger partial charge in [0.05, 0.1) is 12.1 Å². The van der Waals surface area contributed by atoms with Crippen LogP contribution in [-0.2, 0) is 0 Å². The molecule has 0 unspecified atom stereocenters. The maximum Gasteiger partial charge on any atom is 0.267 e. The van der Waals surface area contributed by atoms with Crippen LogP contribution in [0.1, 0.15) is 42.1 Å². The van der Waals surface area contributed by atoms with Crippen LogP contribution in [0.25, 0.3) is 0 Å². The Morgan fingerprint density at radius 2 is 1.95 bits per heavy atom. The molecule has 0 aromatic heterocycles. The summed E-state index contributed by atoms with van der Waals surface area (Å²) in [7, 11) is 0. The van der Waals surface area contributed by atoms with Gasteiger partial charge in [-0.05, 0) is 17.5 Å². The fraction of sp³-hybridized carbons (Fsp3) is 0.500. The van der Waals surface area contributed by atoms with E-state index < -0.39 is 36.4 Å². The lowest BCUT2D eigenvalue weighted by molar-refractivity contribution is 0.0119. The zero-order valence-electron chi connectivity index (χ0n) is 11.2. The second-order valence-electron chi connectivity index (χ2n) is 5.34. The van der Waals surface area contributed by atoms with Crippen LogP contribution in [0.2, 0.25) is 0 Å². The van der Waals surface area contributed by atoms with Gasteiger partial charge in [0, 0.05) is 19.0 Å². The Balaban J connectivity index is 2.40. The summed E-state index contributed by atoms with van der Waals surface area (Å²) in [6.07, 6.45) is -0.432. The van der Waals surface area contributed by atoms with E-state index in [0.717, 1.165) is 11.0 Å². The Morgan fingerprint density at radius 3 is 2.45 bits per heavy atom. The molecule has 1 aliphatic heterocycles. The van der Waals surface area contributed by atoms with Gasteiger partial charge in [-0.25, -0.2) is 17.6 Å². The molecule has 0 N–H and O–H groups in total. The van der Waals surface area contributed by atoms with Gasteiger partial charge in [-0.3, -0.25) is 4.79 Å². The molecule has 1 aromatic carbocycles. The summed E-state index contributed by atoms with van der Waals surface area (Å²) in [6, 6.07) is 1.68. The van der Waals surface area contributed by atoms with Crippen LogP contribution in [0.3, 0.4) is 0 Å². The summed E-state index contributed by atoms with van der Waals surface area (Å²) >= 11 is 0. The largest absolute Gasteiger partial charge is 0.332 e. The van der Waals surface area contributed by atoms with Gasteiger partial charge in [-0.15, -0.1) is 0 Å². The number of likely N-dealkylation sites (tertiary alicyclic amines) is 1. The summed E-state index contributed by atoms with van der Waals surface area (Å²) in [5.41, 5.74) is -0.109. The molecule has 0 radical (unpaired) electrons. The maximum absolute atomic E-state index is 13.9. The highest BCUT2D eigenvalue weighted by Crippen LogP contribution is 2.30. The Bertz CT molecular complexity index is 542. The minimum Gasteiger partial charge on any atom is -0.332 e. The molecule has 1 saturated heterocycles. The van der Waals surface area contributed by atoms with Gasteiger partial charge in [-0.1, -0.05) is 13.8 Å². The van der Waals surface area contributed by atoms with Gasteiger partial charge in [0.1, 0.15) is 11.6 Å². The fourth-order valence-corrected chi connectivity index (χ4v) is 2.34. The molecule has 6 heteroatoms. The number of carbonyl (C=O) groups excluding carboxylic acids is 1. The van der Waals surface area contributed by atoms with E-state index in [1.54, 1.807) is 13.8 Å². The van der Waals surface area contributed by atoms with E-state index in [4.69, 9.17) is 0 Å². The second kappa shape index (κ2) is 5.07. The van der Waals surface area contributed by atoms with Crippen molar-refractivity contribution in [1.29, 1.82) is 0 Å².